The lowest BCUT2D eigenvalue weighted by atomic mass is 10.1. The molecule has 0 atom stereocenters. The highest BCUT2D eigenvalue weighted by atomic mass is 32.2. The van der Waals surface area contributed by atoms with Crippen molar-refractivity contribution >= 4 is 126 Å². The van der Waals surface area contributed by atoms with Crippen molar-refractivity contribution in [1.82, 2.24) is 18.3 Å². The van der Waals surface area contributed by atoms with Crippen molar-refractivity contribution in [3.05, 3.63) is 132 Å². The number of nitrogens with one attached hydrogen (secondary N) is 6. The maximum Gasteiger partial charge on any atom is 0.325 e. The summed E-state index contributed by atoms with van der Waals surface area (Å²) in [6.07, 6.45) is 5.61. The first-order valence-electron chi connectivity index (χ1n) is 21.4. The molecule has 4 aromatic heterocycles. The number of benzene rings is 4. The third kappa shape index (κ3) is 11.5. The van der Waals surface area contributed by atoms with Gasteiger partial charge in [-0.05, 0) is 83.6 Å². The molecule has 8 rings (SSSR count). The number of hydrogen-bond acceptors (Lipinski definition) is 13. The van der Waals surface area contributed by atoms with Crippen molar-refractivity contribution in [1.29, 1.82) is 0 Å². The van der Waals surface area contributed by atoms with Gasteiger partial charge in [0.1, 0.15) is 33.1 Å². The van der Waals surface area contributed by atoms with Crippen molar-refractivity contribution in [3.63, 3.8) is 0 Å². The highest BCUT2D eigenvalue weighted by Crippen LogP contribution is 2.32. The molecule has 0 spiro atoms. The molecule has 0 fully saturated rings. The van der Waals surface area contributed by atoms with Crippen LogP contribution in [0.25, 0.3) is 21.5 Å². The summed E-state index contributed by atoms with van der Waals surface area (Å²) in [6, 6.07) is 15.3. The van der Waals surface area contributed by atoms with Crippen molar-refractivity contribution in [2.24, 2.45) is 28.2 Å². The summed E-state index contributed by atoms with van der Waals surface area (Å²) in [5.41, 5.74) is 0.373. The first kappa shape index (κ1) is 53.6. The van der Waals surface area contributed by atoms with E-state index in [0.717, 1.165) is 12.1 Å². The van der Waals surface area contributed by atoms with E-state index in [1.807, 2.05) is 0 Å². The molecule has 0 aliphatic rings. The van der Waals surface area contributed by atoms with Crippen LogP contribution in [0.5, 0.6) is 0 Å². The molecule has 0 aliphatic heterocycles. The second-order valence-corrected chi connectivity index (χ2v) is 22.5. The summed E-state index contributed by atoms with van der Waals surface area (Å²) < 4.78 is 140. The predicted octanol–water partition coefficient (Wildman–Crippen LogP) is 4.99. The van der Waals surface area contributed by atoms with Crippen molar-refractivity contribution in [3.8, 4) is 0 Å². The first-order chi connectivity index (χ1) is 35.3. The lowest BCUT2D eigenvalue weighted by Crippen LogP contribution is -2.22. The van der Waals surface area contributed by atoms with Gasteiger partial charge in [-0.3, -0.25) is 48.0 Å². The van der Waals surface area contributed by atoms with E-state index in [4.69, 9.17) is 0 Å². The van der Waals surface area contributed by atoms with Crippen molar-refractivity contribution < 1.29 is 75.9 Å². The standard InChI is InChI=1S/C45H40N10O17S4/c1-52-19-25(41(56)46-29-7-5-23-9-31(73(61,62)63)17-35(33(23)15-29)75(67,68)69)11-37(52)48-43(58)27-13-39(54(3)21-27)50-45(60)51-40-14-28(22-55(40)4)44(59)49-38-12-26(20-53(38)2)42(57)47-30-8-6-24-10-32(74(64,65)66)18-36(34(24)16-30)76(70,71)72/h5-22H,1-4H3,(H,46,56)(H,47,57)(H,48,58)(H,49,59)(H2,50,51,60)(H,61,62,63)(H,64,65,66)(H,67,68,69)(H,70,71,72). The van der Waals surface area contributed by atoms with E-state index >= 15 is 0 Å². The summed E-state index contributed by atoms with van der Waals surface area (Å²) in [6.45, 7) is 0. The van der Waals surface area contributed by atoms with Gasteiger partial charge in [0.15, 0.2) is 0 Å². The van der Waals surface area contributed by atoms with Gasteiger partial charge in [-0.15, -0.1) is 0 Å². The molecule has 0 radical (unpaired) electrons. The van der Waals surface area contributed by atoms with E-state index < -0.39 is 89.7 Å². The zero-order chi connectivity index (χ0) is 55.6. The number of aryl methyl sites for hydroxylation is 4. The summed E-state index contributed by atoms with van der Waals surface area (Å²) >= 11 is 0. The number of nitrogens with zero attached hydrogens (tertiary/aromatic N) is 4. The summed E-state index contributed by atoms with van der Waals surface area (Å²) in [5, 5.41) is 15.4. The van der Waals surface area contributed by atoms with E-state index in [2.05, 4.69) is 31.9 Å². The minimum Gasteiger partial charge on any atom is -0.337 e. The van der Waals surface area contributed by atoms with Gasteiger partial charge < -0.3 is 39.5 Å². The smallest absolute Gasteiger partial charge is 0.325 e. The molecule has 31 heteroatoms. The molecule has 0 saturated carbocycles. The van der Waals surface area contributed by atoms with Crippen LogP contribution in [-0.2, 0) is 68.7 Å². The molecule has 6 amide bonds. The van der Waals surface area contributed by atoms with Crippen LogP contribution >= 0.6 is 0 Å². The highest BCUT2D eigenvalue weighted by molar-refractivity contribution is 7.87. The number of hydrogen-bond donors (Lipinski definition) is 10. The number of aromatic nitrogens is 4. The molecule has 76 heavy (non-hydrogen) atoms. The summed E-state index contributed by atoms with van der Waals surface area (Å²) in [7, 11) is -13.5. The Morgan fingerprint density at radius 2 is 0.658 bits per heavy atom. The van der Waals surface area contributed by atoms with Crippen LogP contribution in [0, 0.1) is 0 Å². The first-order valence-corrected chi connectivity index (χ1v) is 27.1. The van der Waals surface area contributed by atoms with E-state index in [1.54, 1.807) is 14.1 Å². The van der Waals surface area contributed by atoms with E-state index in [0.29, 0.717) is 12.1 Å². The molecular weight excluding hydrogens is 1080 g/mol. The van der Waals surface area contributed by atoms with E-state index in [1.165, 1.54) is 118 Å². The fraction of sp³-hybridized carbons (Fsp3) is 0.0889. The second kappa shape index (κ2) is 19.5. The number of carbonyl (C=O) groups is 5. The fourth-order valence-corrected chi connectivity index (χ4v) is 10.5. The molecule has 0 bridgehead atoms. The van der Waals surface area contributed by atoms with Gasteiger partial charge in [0.05, 0.1) is 32.0 Å². The predicted molar refractivity (Wildman–Crippen MR) is 273 cm³/mol. The Morgan fingerprint density at radius 3 is 0.947 bits per heavy atom. The Bertz CT molecular complexity index is 4020. The number of anilines is 6. The molecular formula is C45H40N10O17S4. The molecule has 0 saturated heterocycles. The summed E-state index contributed by atoms with van der Waals surface area (Å²) in [5.74, 6) is -2.01. The maximum atomic E-state index is 13.4. The average molecular weight is 1120 g/mol. The number of carbonyl (C=O) groups excluding carboxylic acids is 5. The van der Waals surface area contributed by atoms with Gasteiger partial charge >= 0.3 is 6.03 Å². The number of fused-ring (bicyclic) bond motifs is 2. The largest absolute Gasteiger partial charge is 0.337 e. The van der Waals surface area contributed by atoms with Crippen molar-refractivity contribution in [2.75, 3.05) is 31.9 Å². The van der Waals surface area contributed by atoms with Crippen LogP contribution in [0.2, 0.25) is 0 Å². The van der Waals surface area contributed by atoms with Crippen LogP contribution in [0.3, 0.4) is 0 Å². The van der Waals surface area contributed by atoms with Gasteiger partial charge in [0.2, 0.25) is 0 Å². The Balaban J connectivity index is 0.874. The number of amides is 6. The Kier molecular flexibility index (Phi) is 13.8. The van der Waals surface area contributed by atoms with Crippen LogP contribution in [-0.4, -0.2) is 99.8 Å². The highest BCUT2D eigenvalue weighted by Gasteiger charge is 2.25. The normalized spacial score (nSPS) is 12.1. The fourth-order valence-electron chi connectivity index (χ4n) is 7.77. The quantitative estimate of drug-likeness (QED) is 0.0641. The SMILES string of the molecule is Cn1cc(C(=O)Nc2cc(C(=O)Nc3ccc4cc(S(=O)(=O)O)cc(S(=O)(=O)O)c4c3)cn2C)cc1NC(=O)Nc1cc(C(=O)Nc2cc(C(=O)Nc3ccc4cc(S(=O)(=O)O)cc(S(=O)(=O)O)c4c3)cn2C)cn1C. The van der Waals surface area contributed by atoms with Crippen molar-refractivity contribution in [2.45, 2.75) is 19.6 Å². The molecule has 4 heterocycles. The molecule has 27 nitrogen and oxygen atoms in total. The summed E-state index contributed by atoms with van der Waals surface area (Å²) in [4.78, 5) is 63.3. The van der Waals surface area contributed by atoms with E-state index in [-0.39, 0.29) is 78.4 Å². The third-order valence-electron chi connectivity index (χ3n) is 11.5. The minimum absolute atomic E-state index is 0.00787. The molecule has 396 valence electrons. The van der Waals surface area contributed by atoms with Crippen LogP contribution in [0.15, 0.2) is 129 Å². The molecule has 4 aromatic carbocycles. The Labute approximate surface area is 430 Å². The topological polar surface area (TPSA) is 395 Å². The third-order valence-corrected chi connectivity index (χ3v) is 14.9. The maximum absolute atomic E-state index is 13.4. The van der Waals surface area contributed by atoms with Gasteiger partial charge in [0, 0.05) is 75.1 Å². The Hall–Kier alpha value is -8.69. The van der Waals surface area contributed by atoms with Gasteiger partial charge in [-0.2, -0.15) is 33.7 Å². The minimum atomic E-state index is -5.00. The molecule has 8 aromatic rings. The van der Waals surface area contributed by atoms with Gasteiger partial charge in [-0.1, -0.05) is 12.1 Å². The van der Waals surface area contributed by atoms with Crippen LogP contribution in [0.4, 0.5) is 39.4 Å². The molecule has 0 aliphatic carbocycles. The lowest BCUT2D eigenvalue weighted by molar-refractivity contribution is 0.101. The van der Waals surface area contributed by atoms with Crippen LogP contribution < -0.4 is 31.9 Å². The number of urea groups is 1. The van der Waals surface area contributed by atoms with Crippen LogP contribution in [0.1, 0.15) is 41.4 Å². The van der Waals surface area contributed by atoms with Gasteiger partial charge in [0.25, 0.3) is 64.1 Å². The second-order valence-electron chi connectivity index (χ2n) is 16.9. The lowest BCUT2D eigenvalue weighted by Gasteiger charge is -2.10. The Morgan fingerprint density at radius 1 is 0.368 bits per heavy atom. The zero-order valence-corrected chi connectivity index (χ0v) is 42.7. The molecule has 10 N–H and O–H groups in total. The zero-order valence-electron chi connectivity index (χ0n) is 39.4. The number of rotatable bonds is 14. The molecule has 0 unspecified atom stereocenters. The van der Waals surface area contributed by atoms with E-state index in [9.17, 15) is 75.9 Å². The van der Waals surface area contributed by atoms with Gasteiger partial charge in [-0.25, -0.2) is 4.79 Å². The monoisotopic (exact) mass is 1120 g/mol. The average Bonchev–Trinajstić information content (AvgIpc) is 4.09.